The Morgan fingerprint density at radius 1 is 0.316 bits per heavy atom. The van der Waals surface area contributed by atoms with Gasteiger partial charge in [-0.1, -0.05) is 206 Å². The molecule has 0 N–H and O–H groups in total. The Bertz CT molecular complexity index is 3570. The highest BCUT2D eigenvalue weighted by Crippen LogP contribution is 2.50. The van der Waals surface area contributed by atoms with E-state index >= 15 is 0 Å². The van der Waals surface area contributed by atoms with Gasteiger partial charge in [0.05, 0.1) is 20.4 Å². The van der Waals surface area contributed by atoms with E-state index in [1.807, 2.05) is 0 Å². The molecule has 0 spiro atoms. The minimum atomic E-state index is -0.176. The van der Waals surface area contributed by atoms with Crippen LogP contribution in [-0.4, -0.2) is 16.7 Å². The van der Waals surface area contributed by atoms with Crippen molar-refractivity contribution in [2.75, 3.05) is 9.80 Å². The van der Waals surface area contributed by atoms with E-state index in [1.54, 1.807) is 22.7 Å². The van der Waals surface area contributed by atoms with Crippen molar-refractivity contribution in [3.05, 3.63) is 160 Å². The number of fused-ring (bicyclic) bond motifs is 6. The van der Waals surface area contributed by atoms with E-state index in [4.69, 9.17) is 9.97 Å². The van der Waals surface area contributed by atoms with Crippen LogP contribution in [0.25, 0.3) is 41.6 Å². The maximum Gasteiger partial charge on any atom is 0.252 e. The predicted molar refractivity (Wildman–Crippen MR) is 349 cm³/mol. The maximum atomic E-state index is 5.56. The highest BCUT2D eigenvalue weighted by atomic mass is 32.1. The van der Waals surface area contributed by atoms with Crippen molar-refractivity contribution in [2.45, 2.75) is 183 Å². The summed E-state index contributed by atoms with van der Waals surface area (Å²) in [5.74, 6) is 0. The summed E-state index contributed by atoms with van der Waals surface area (Å²) in [6, 6.07) is 48.0. The van der Waals surface area contributed by atoms with Gasteiger partial charge in [-0.2, -0.15) is 0 Å². The lowest BCUT2D eigenvalue weighted by atomic mass is 9.33. The van der Waals surface area contributed by atoms with E-state index < -0.39 is 0 Å². The van der Waals surface area contributed by atoms with E-state index in [1.165, 1.54) is 98.9 Å². The molecule has 0 unspecified atom stereocenters. The summed E-state index contributed by atoms with van der Waals surface area (Å²) in [5, 5.41) is 2.08. The van der Waals surface area contributed by atoms with Gasteiger partial charge in [-0.3, -0.25) is 0 Å². The molecule has 0 radical (unpaired) electrons. The molecule has 0 saturated carbocycles. The van der Waals surface area contributed by atoms with Crippen LogP contribution in [0, 0.1) is 0 Å². The van der Waals surface area contributed by atoms with Gasteiger partial charge in [0.15, 0.2) is 0 Å². The van der Waals surface area contributed by atoms with E-state index in [9.17, 15) is 0 Å². The van der Waals surface area contributed by atoms with Crippen molar-refractivity contribution in [3.8, 4) is 21.1 Å². The number of rotatable bonds is 4. The monoisotopic (exact) mass is 1080 g/mol. The van der Waals surface area contributed by atoms with E-state index in [2.05, 4.69) is 277 Å². The summed E-state index contributed by atoms with van der Waals surface area (Å²) in [5.41, 5.74) is 24.3. The molecule has 2 aliphatic heterocycles. The third-order valence-corrected chi connectivity index (χ3v) is 18.9. The highest BCUT2D eigenvalue weighted by molar-refractivity contribution is 7.22. The number of hydrogen-bond donors (Lipinski definition) is 0. The Labute approximate surface area is 481 Å². The molecule has 11 rings (SSSR count). The van der Waals surface area contributed by atoms with Crippen LogP contribution >= 0.6 is 22.7 Å². The van der Waals surface area contributed by atoms with Crippen LogP contribution in [0.3, 0.4) is 0 Å². The molecule has 2 aromatic heterocycles. The number of benzene rings is 7. The topological polar surface area (TPSA) is 32.3 Å². The molecule has 4 heterocycles. The Morgan fingerprint density at radius 3 is 0.899 bits per heavy atom. The molecular formula is C72H83BN4S2. The van der Waals surface area contributed by atoms with Crippen LogP contribution in [0.15, 0.2) is 121 Å². The first-order chi connectivity index (χ1) is 36.5. The predicted octanol–water partition coefficient (Wildman–Crippen LogP) is 19.4. The van der Waals surface area contributed by atoms with Gasteiger partial charge < -0.3 is 9.80 Å². The smallest absolute Gasteiger partial charge is 0.252 e. The first-order valence-corrected chi connectivity index (χ1v) is 30.4. The molecule has 4 nitrogen and oxygen atoms in total. The lowest BCUT2D eigenvalue weighted by Gasteiger charge is -2.45. The molecule has 0 amide bonds. The van der Waals surface area contributed by atoms with E-state index in [-0.39, 0.29) is 44.6 Å². The van der Waals surface area contributed by atoms with Crippen LogP contribution in [0.2, 0.25) is 0 Å². The van der Waals surface area contributed by atoms with Gasteiger partial charge in [0, 0.05) is 45.3 Å². The summed E-state index contributed by atoms with van der Waals surface area (Å²) in [7, 11) is 0. The van der Waals surface area contributed by atoms with Crippen molar-refractivity contribution >= 4 is 100 Å². The molecular weight excluding hydrogens is 996 g/mol. The second kappa shape index (κ2) is 18.2. The van der Waals surface area contributed by atoms with Crippen molar-refractivity contribution in [1.82, 2.24) is 9.97 Å². The average molecular weight is 1080 g/mol. The Morgan fingerprint density at radius 2 is 0.608 bits per heavy atom. The van der Waals surface area contributed by atoms with Crippen LogP contribution < -0.4 is 26.2 Å². The SMILES string of the molecule is CC(C)(C)c1ccc(-c2nc3cc4c(cc3s2)N(c2cc(C(C)(C)C)cc(C(C)(C)C)c2)c2cc(C(C)(C)C)cc3c2B4c2cc4nc(-c5ccc(C(C)(C)C)cc5)sc4cc2N3c2cc(C(C)(C)C)cc(C(C)(C)C)c2)cc1. The standard InChI is InChI=1S/C72H83BN4S2/c1-66(2,3)44-26-22-42(23-27-44)64-74-55-38-53-57(40-61(55)78-64)76(51-32-46(68(7,8)9)30-47(33-51)69(10,11)12)59-36-50(72(19,20)21)37-60-63(59)73(53)54-39-56-62(79-65(75-56)43-24-28-45(29-25-43)67(4,5)6)41-58(54)77(60)52-34-48(70(13,14)15)31-49(35-52)71(16,17)18/h22-41H,1-21H3. The summed E-state index contributed by atoms with van der Waals surface area (Å²) in [6.07, 6.45) is 0. The van der Waals surface area contributed by atoms with Gasteiger partial charge in [0.2, 0.25) is 0 Å². The molecule has 0 atom stereocenters. The largest absolute Gasteiger partial charge is 0.311 e. The zero-order valence-corrected chi connectivity index (χ0v) is 52.9. The molecule has 9 aromatic rings. The zero-order chi connectivity index (χ0) is 57.1. The van der Waals surface area contributed by atoms with Gasteiger partial charge in [0.25, 0.3) is 6.71 Å². The van der Waals surface area contributed by atoms with Gasteiger partial charge in [0.1, 0.15) is 10.0 Å². The lowest BCUT2D eigenvalue weighted by molar-refractivity contribution is 0.568. The first kappa shape index (κ1) is 54.9. The van der Waals surface area contributed by atoms with Crippen LogP contribution in [-0.2, 0) is 37.9 Å². The molecule has 7 heteroatoms. The van der Waals surface area contributed by atoms with Crippen LogP contribution in [0.4, 0.5) is 34.1 Å². The Hall–Kier alpha value is -6.02. The quantitative estimate of drug-likeness (QED) is 0.164. The summed E-state index contributed by atoms with van der Waals surface area (Å²) < 4.78 is 2.36. The third kappa shape index (κ3) is 9.98. The molecule has 7 aromatic carbocycles. The minimum absolute atomic E-state index is 0.0615. The normalized spacial score (nSPS) is 14.3. The molecule has 0 fully saturated rings. The van der Waals surface area contributed by atoms with Crippen LogP contribution in [0.1, 0.15) is 184 Å². The van der Waals surface area contributed by atoms with Crippen molar-refractivity contribution < 1.29 is 0 Å². The molecule has 0 saturated heterocycles. The number of thiazole rings is 2. The molecule has 0 bridgehead atoms. The fraction of sp³-hybridized carbons (Fsp3) is 0.389. The zero-order valence-electron chi connectivity index (χ0n) is 51.2. The fourth-order valence-corrected chi connectivity index (χ4v) is 13.5. The molecule has 2 aliphatic rings. The van der Waals surface area contributed by atoms with Crippen molar-refractivity contribution in [1.29, 1.82) is 0 Å². The lowest BCUT2D eigenvalue weighted by Crippen LogP contribution is -2.61. The Kier molecular flexibility index (Phi) is 12.7. The maximum absolute atomic E-state index is 5.56. The molecule has 79 heavy (non-hydrogen) atoms. The molecule has 406 valence electrons. The van der Waals surface area contributed by atoms with Gasteiger partial charge in [-0.05, 0) is 154 Å². The third-order valence-electron chi connectivity index (χ3n) is 16.8. The Balaban J connectivity index is 1.27. The summed E-state index contributed by atoms with van der Waals surface area (Å²) in [6.45, 7) is 49.0. The van der Waals surface area contributed by atoms with E-state index in [0.29, 0.717) is 0 Å². The second-order valence-electron chi connectivity index (χ2n) is 30.3. The van der Waals surface area contributed by atoms with Gasteiger partial charge in [-0.15, -0.1) is 22.7 Å². The van der Waals surface area contributed by atoms with Crippen molar-refractivity contribution in [3.63, 3.8) is 0 Å². The minimum Gasteiger partial charge on any atom is -0.311 e. The van der Waals surface area contributed by atoms with Gasteiger partial charge >= 0.3 is 0 Å². The number of anilines is 6. The molecule has 0 aliphatic carbocycles. The number of hydrogen-bond acceptors (Lipinski definition) is 6. The van der Waals surface area contributed by atoms with Crippen molar-refractivity contribution in [2.24, 2.45) is 0 Å². The fourth-order valence-electron chi connectivity index (χ4n) is 11.5. The van der Waals surface area contributed by atoms with Crippen LogP contribution in [0.5, 0.6) is 0 Å². The summed E-state index contributed by atoms with van der Waals surface area (Å²) >= 11 is 3.61. The number of nitrogens with zero attached hydrogens (tertiary/aromatic N) is 4. The highest BCUT2D eigenvalue weighted by Gasteiger charge is 2.46. The number of aromatic nitrogens is 2. The van der Waals surface area contributed by atoms with Gasteiger partial charge in [-0.25, -0.2) is 9.97 Å². The average Bonchev–Trinajstić information content (AvgIpc) is 4.15. The van der Waals surface area contributed by atoms with E-state index in [0.717, 1.165) is 32.2 Å². The first-order valence-electron chi connectivity index (χ1n) is 28.7. The summed E-state index contributed by atoms with van der Waals surface area (Å²) in [4.78, 5) is 16.4. The second-order valence-corrected chi connectivity index (χ2v) is 32.3.